The Labute approximate surface area is 181 Å². The lowest BCUT2D eigenvalue weighted by atomic mass is 10.2. The molecule has 2 aliphatic heterocycles. The Balaban J connectivity index is 1.83. The Morgan fingerprint density at radius 3 is 2.59 bits per heavy atom. The molecule has 176 valence electrons. The monoisotopic (exact) mass is 481 g/mol. The third-order valence-electron chi connectivity index (χ3n) is 4.73. The molecule has 1 saturated heterocycles. The van der Waals surface area contributed by atoms with Gasteiger partial charge in [-0.05, 0) is 18.2 Å². The summed E-state index contributed by atoms with van der Waals surface area (Å²) in [6.45, 7) is 1.15. The minimum absolute atomic E-state index is 0.0344. The maximum Gasteiger partial charge on any atom is 0.456 e. The lowest BCUT2D eigenvalue weighted by Crippen LogP contribution is -2.36. The fourth-order valence-corrected chi connectivity index (χ4v) is 4.54. The Kier molecular flexibility index (Phi) is 6.40. The summed E-state index contributed by atoms with van der Waals surface area (Å²) < 4.78 is 78.1. The van der Waals surface area contributed by atoms with Crippen LogP contribution in [0.15, 0.2) is 29.3 Å². The zero-order chi connectivity index (χ0) is 23.8. The van der Waals surface area contributed by atoms with Crippen molar-refractivity contribution in [2.24, 2.45) is 0 Å². The number of ketones is 1. The molecule has 0 saturated carbocycles. The van der Waals surface area contributed by atoms with E-state index in [9.17, 15) is 41.1 Å². The second-order valence-corrected chi connectivity index (χ2v) is 9.26. The highest BCUT2D eigenvalue weighted by molar-refractivity contribution is 8.28. The smallest absolute Gasteiger partial charge is 0.442 e. The minimum atomic E-state index is -5.33. The molecule has 3 N–H and O–H groups in total. The number of Topliss-reactive ketones (excluding diaryl/α,β-unsaturated/α-hetero) is 1. The van der Waals surface area contributed by atoms with E-state index in [1.165, 1.54) is 19.1 Å². The van der Waals surface area contributed by atoms with Gasteiger partial charge in [0.05, 0.1) is 30.2 Å². The van der Waals surface area contributed by atoms with Gasteiger partial charge in [-0.2, -0.15) is 23.8 Å². The van der Waals surface area contributed by atoms with Crippen molar-refractivity contribution in [3.63, 3.8) is 0 Å². The van der Waals surface area contributed by atoms with Gasteiger partial charge in [0.2, 0.25) is 5.91 Å². The van der Waals surface area contributed by atoms with Crippen LogP contribution in [0.25, 0.3) is 0 Å². The molecule has 0 unspecified atom stereocenters. The summed E-state index contributed by atoms with van der Waals surface area (Å²) in [6.07, 6.45) is -6.16. The van der Waals surface area contributed by atoms with Crippen molar-refractivity contribution >= 4 is 39.7 Å². The minimum Gasteiger partial charge on any atom is -0.442 e. The standard InChI is InChI=1S/C18H19F4N3O6S/c1-10(26)23-7-12-8-25(17(28)31-12)11-2-3-14(13(19)6-11)24-4-5-32(29,30)15(9-24)16(27)18(20,21)22/h2-3,6,9,12,29-30H,4-5,7-8H2,1H3,(H,23,26)/t12-/m0/s1. The maximum atomic E-state index is 14.8. The third-order valence-corrected chi connectivity index (χ3v) is 6.48. The topological polar surface area (TPSA) is 119 Å². The van der Waals surface area contributed by atoms with E-state index in [4.69, 9.17) is 4.74 Å². The van der Waals surface area contributed by atoms with Crippen LogP contribution in [-0.4, -0.2) is 64.6 Å². The number of ether oxygens (including phenoxy) is 1. The average Bonchev–Trinajstić information content (AvgIpc) is 3.06. The van der Waals surface area contributed by atoms with Gasteiger partial charge in [-0.3, -0.25) is 23.6 Å². The first-order valence-corrected chi connectivity index (χ1v) is 10.9. The van der Waals surface area contributed by atoms with Gasteiger partial charge >= 0.3 is 12.3 Å². The third kappa shape index (κ3) is 4.97. The highest BCUT2D eigenvalue weighted by Crippen LogP contribution is 2.52. The van der Waals surface area contributed by atoms with E-state index in [0.717, 1.165) is 15.9 Å². The molecule has 0 aliphatic carbocycles. The number of cyclic esters (lactones) is 1. The molecular weight excluding hydrogens is 462 g/mol. The van der Waals surface area contributed by atoms with Crippen molar-refractivity contribution in [3.05, 3.63) is 35.1 Å². The first-order chi connectivity index (χ1) is 14.8. The molecule has 9 nitrogen and oxygen atoms in total. The summed E-state index contributed by atoms with van der Waals surface area (Å²) >= 11 is 0. The van der Waals surface area contributed by atoms with Gasteiger partial charge in [-0.25, -0.2) is 9.18 Å². The summed E-state index contributed by atoms with van der Waals surface area (Å²) in [5, 5.41) is 2.50. The van der Waals surface area contributed by atoms with Crippen molar-refractivity contribution in [2.75, 3.05) is 35.2 Å². The van der Waals surface area contributed by atoms with E-state index >= 15 is 0 Å². The zero-order valence-corrected chi connectivity index (χ0v) is 17.4. The van der Waals surface area contributed by atoms with Gasteiger partial charge in [0, 0.05) is 19.7 Å². The highest BCUT2D eigenvalue weighted by Gasteiger charge is 2.46. The molecule has 0 bridgehead atoms. The summed E-state index contributed by atoms with van der Waals surface area (Å²) in [5.41, 5.74) is -0.114. The highest BCUT2D eigenvalue weighted by atomic mass is 32.3. The van der Waals surface area contributed by atoms with E-state index in [1.54, 1.807) is 0 Å². The fraction of sp³-hybridized carbons (Fsp3) is 0.389. The number of hydrogen-bond acceptors (Lipinski definition) is 7. The van der Waals surface area contributed by atoms with Crippen molar-refractivity contribution in [2.45, 2.75) is 19.2 Å². The van der Waals surface area contributed by atoms with Crippen LogP contribution in [0.1, 0.15) is 6.92 Å². The molecule has 2 aliphatic rings. The molecule has 3 rings (SSSR count). The average molecular weight is 481 g/mol. The van der Waals surface area contributed by atoms with E-state index in [1.807, 2.05) is 0 Å². The summed E-state index contributed by atoms with van der Waals surface area (Å²) in [5.74, 6) is -4.24. The predicted molar refractivity (Wildman–Crippen MR) is 107 cm³/mol. The molecule has 1 fully saturated rings. The first kappa shape index (κ1) is 23.8. The number of nitrogens with one attached hydrogen (secondary N) is 1. The van der Waals surface area contributed by atoms with Crippen LogP contribution in [-0.2, 0) is 14.3 Å². The molecule has 14 heteroatoms. The number of anilines is 2. The Hall–Kier alpha value is -2.84. The molecule has 32 heavy (non-hydrogen) atoms. The van der Waals surface area contributed by atoms with Crippen LogP contribution in [0, 0.1) is 5.82 Å². The number of hydrogen-bond donors (Lipinski definition) is 3. The second kappa shape index (κ2) is 8.60. The molecule has 1 aromatic carbocycles. The first-order valence-electron chi connectivity index (χ1n) is 9.17. The number of rotatable bonds is 5. The molecule has 0 radical (unpaired) electrons. The quantitative estimate of drug-likeness (QED) is 0.554. The number of halogens is 4. The van der Waals surface area contributed by atoms with Gasteiger partial charge in [0.25, 0.3) is 5.78 Å². The SMILES string of the molecule is CC(=O)NC[C@H]1CN(c2ccc(N3C=C(C(=O)C(F)(F)F)S(O)(O)CC3)c(F)c2)C(=O)O1. The number of amides is 2. The Bertz CT molecular complexity index is 984. The Morgan fingerprint density at radius 1 is 1.31 bits per heavy atom. The van der Waals surface area contributed by atoms with Gasteiger partial charge in [0.1, 0.15) is 16.8 Å². The van der Waals surface area contributed by atoms with Crippen LogP contribution in [0.5, 0.6) is 0 Å². The summed E-state index contributed by atoms with van der Waals surface area (Å²) in [7, 11) is -3.98. The molecule has 0 aromatic heterocycles. The van der Waals surface area contributed by atoms with Gasteiger partial charge in [-0.1, -0.05) is 0 Å². The van der Waals surface area contributed by atoms with E-state index in [-0.39, 0.29) is 36.9 Å². The van der Waals surface area contributed by atoms with Gasteiger partial charge in [-0.15, -0.1) is 0 Å². The van der Waals surface area contributed by atoms with Crippen LogP contribution in [0.2, 0.25) is 0 Å². The fourth-order valence-electron chi connectivity index (χ4n) is 3.16. The number of allylic oxidation sites excluding steroid dienone is 1. The van der Waals surface area contributed by atoms with Crippen LogP contribution >= 0.6 is 10.6 Å². The van der Waals surface area contributed by atoms with Gasteiger partial charge < -0.3 is 15.0 Å². The Morgan fingerprint density at radius 2 is 2.00 bits per heavy atom. The number of benzene rings is 1. The van der Waals surface area contributed by atoms with Crippen LogP contribution in [0.3, 0.4) is 0 Å². The van der Waals surface area contributed by atoms with Crippen LogP contribution in [0.4, 0.5) is 33.7 Å². The second-order valence-electron chi connectivity index (χ2n) is 7.07. The van der Waals surface area contributed by atoms with Crippen molar-refractivity contribution in [1.82, 2.24) is 5.32 Å². The van der Waals surface area contributed by atoms with Crippen LogP contribution < -0.4 is 15.1 Å². The normalized spacial score (nSPS) is 21.7. The van der Waals surface area contributed by atoms with Gasteiger partial charge in [0.15, 0.2) is 0 Å². The molecule has 2 amide bonds. The molecule has 1 atom stereocenters. The lowest BCUT2D eigenvalue weighted by molar-refractivity contribution is -0.165. The number of nitrogens with zero attached hydrogens (tertiary/aromatic N) is 2. The molecular formula is C18H19F4N3O6S. The number of alkyl halides is 3. The van der Waals surface area contributed by atoms with E-state index < -0.39 is 51.2 Å². The summed E-state index contributed by atoms with van der Waals surface area (Å²) in [4.78, 5) is 35.5. The van der Waals surface area contributed by atoms with E-state index in [0.29, 0.717) is 6.20 Å². The predicted octanol–water partition coefficient (Wildman–Crippen LogP) is 2.83. The lowest BCUT2D eigenvalue weighted by Gasteiger charge is -2.40. The van der Waals surface area contributed by atoms with Crippen molar-refractivity contribution in [1.29, 1.82) is 0 Å². The number of carbonyl (C=O) groups excluding carboxylic acids is 3. The number of carbonyl (C=O) groups is 3. The maximum absolute atomic E-state index is 14.8. The molecule has 1 aromatic rings. The zero-order valence-electron chi connectivity index (χ0n) is 16.6. The van der Waals surface area contributed by atoms with Crippen molar-refractivity contribution in [3.8, 4) is 0 Å². The largest absolute Gasteiger partial charge is 0.456 e. The van der Waals surface area contributed by atoms with E-state index in [2.05, 4.69) is 5.32 Å². The summed E-state index contributed by atoms with van der Waals surface area (Å²) in [6, 6.07) is 3.47. The van der Waals surface area contributed by atoms with Crippen molar-refractivity contribution < 1.29 is 45.8 Å². The molecule has 0 spiro atoms. The molecule has 2 heterocycles.